The quantitative estimate of drug-likeness (QED) is 0.872. The van der Waals surface area contributed by atoms with Crippen molar-refractivity contribution in [3.05, 3.63) is 23.8 Å². The van der Waals surface area contributed by atoms with Gasteiger partial charge in [0.05, 0.1) is 20.3 Å². The van der Waals surface area contributed by atoms with Crippen LogP contribution >= 0.6 is 0 Å². The molecule has 0 aliphatic carbocycles. The van der Waals surface area contributed by atoms with Crippen LogP contribution in [0.15, 0.2) is 18.2 Å². The summed E-state index contributed by atoms with van der Waals surface area (Å²) in [7, 11) is 3.26. The van der Waals surface area contributed by atoms with Crippen molar-refractivity contribution in [2.24, 2.45) is 5.73 Å². The zero-order valence-corrected chi connectivity index (χ0v) is 10.3. The molecule has 1 fully saturated rings. The Kier molecular flexibility index (Phi) is 3.86. The van der Waals surface area contributed by atoms with Crippen LogP contribution in [0.4, 0.5) is 0 Å². The number of methoxy groups -OCH3 is 2. The maximum atomic E-state index is 5.95. The Morgan fingerprint density at radius 1 is 1.24 bits per heavy atom. The summed E-state index contributed by atoms with van der Waals surface area (Å²) >= 11 is 0. The molecule has 1 heterocycles. The summed E-state index contributed by atoms with van der Waals surface area (Å²) in [5, 5.41) is 0. The Bertz CT molecular complexity index is 381. The van der Waals surface area contributed by atoms with E-state index in [-0.39, 0.29) is 12.1 Å². The highest BCUT2D eigenvalue weighted by atomic mass is 16.5. The van der Waals surface area contributed by atoms with Crippen LogP contribution in [-0.4, -0.2) is 26.9 Å². The average Bonchev–Trinajstić information content (AvgIpc) is 2.38. The molecule has 2 unspecified atom stereocenters. The van der Waals surface area contributed by atoms with Gasteiger partial charge in [0, 0.05) is 12.6 Å². The molecule has 4 nitrogen and oxygen atoms in total. The molecule has 94 valence electrons. The van der Waals surface area contributed by atoms with Gasteiger partial charge in [0.25, 0.3) is 0 Å². The zero-order valence-electron chi connectivity index (χ0n) is 10.3. The average molecular weight is 237 g/mol. The van der Waals surface area contributed by atoms with Gasteiger partial charge in [-0.2, -0.15) is 0 Å². The van der Waals surface area contributed by atoms with Gasteiger partial charge in [0.15, 0.2) is 11.5 Å². The fourth-order valence-corrected chi connectivity index (χ4v) is 2.11. The van der Waals surface area contributed by atoms with Gasteiger partial charge in [-0.3, -0.25) is 0 Å². The van der Waals surface area contributed by atoms with Crippen LogP contribution in [-0.2, 0) is 4.74 Å². The van der Waals surface area contributed by atoms with Crippen LogP contribution < -0.4 is 15.2 Å². The SMILES string of the molecule is COc1ccc(C2CC(N)CCO2)cc1OC. The van der Waals surface area contributed by atoms with Crippen LogP contribution in [0, 0.1) is 0 Å². The third-order valence-corrected chi connectivity index (χ3v) is 3.10. The highest BCUT2D eigenvalue weighted by Crippen LogP contribution is 2.34. The first-order valence-corrected chi connectivity index (χ1v) is 5.83. The van der Waals surface area contributed by atoms with E-state index in [0.29, 0.717) is 0 Å². The predicted molar refractivity (Wildman–Crippen MR) is 65.4 cm³/mol. The monoisotopic (exact) mass is 237 g/mol. The minimum Gasteiger partial charge on any atom is -0.493 e. The van der Waals surface area contributed by atoms with Crippen LogP contribution in [0.2, 0.25) is 0 Å². The molecule has 0 spiro atoms. The van der Waals surface area contributed by atoms with E-state index in [1.165, 1.54) is 0 Å². The minimum atomic E-state index is 0.0681. The number of hydrogen-bond donors (Lipinski definition) is 1. The largest absolute Gasteiger partial charge is 0.493 e. The molecule has 1 aromatic carbocycles. The third-order valence-electron chi connectivity index (χ3n) is 3.10. The van der Waals surface area contributed by atoms with Gasteiger partial charge in [-0.1, -0.05) is 6.07 Å². The lowest BCUT2D eigenvalue weighted by Crippen LogP contribution is -2.30. The molecule has 0 amide bonds. The molecule has 1 saturated heterocycles. The molecule has 0 aromatic heterocycles. The first-order valence-electron chi connectivity index (χ1n) is 5.83. The second kappa shape index (κ2) is 5.38. The first kappa shape index (κ1) is 12.2. The summed E-state index contributed by atoms with van der Waals surface area (Å²) in [6.07, 6.45) is 1.86. The molecule has 2 N–H and O–H groups in total. The molecule has 4 heteroatoms. The maximum Gasteiger partial charge on any atom is 0.161 e. The Hall–Kier alpha value is -1.26. The number of nitrogens with two attached hydrogens (primary N) is 1. The van der Waals surface area contributed by atoms with Gasteiger partial charge in [-0.05, 0) is 30.5 Å². The number of rotatable bonds is 3. The first-order chi connectivity index (χ1) is 8.24. The maximum absolute atomic E-state index is 5.95. The van der Waals surface area contributed by atoms with Crippen molar-refractivity contribution in [1.82, 2.24) is 0 Å². The topological polar surface area (TPSA) is 53.7 Å². The molecule has 1 aliphatic heterocycles. The van der Waals surface area contributed by atoms with Crippen molar-refractivity contribution in [1.29, 1.82) is 0 Å². The Morgan fingerprint density at radius 2 is 2.00 bits per heavy atom. The van der Waals surface area contributed by atoms with Gasteiger partial charge in [0.2, 0.25) is 0 Å². The molecule has 0 radical (unpaired) electrons. The van der Waals surface area contributed by atoms with Gasteiger partial charge >= 0.3 is 0 Å². The van der Waals surface area contributed by atoms with E-state index in [4.69, 9.17) is 19.9 Å². The molecule has 0 bridgehead atoms. The Morgan fingerprint density at radius 3 is 2.65 bits per heavy atom. The van der Waals surface area contributed by atoms with Crippen LogP contribution in [0.3, 0.4) is 0 Å². The highest BCUT2D eigenvalue weighted by Gasteiger charge is 2.22. The summed E-state index contributed by atoms with van der Waals surface area (Å²) in [6, 6.07) is 6.09. The molecule has 2 rings (SSSR count). The fourth-order valence-electron chi connectivity index (χ4n) is 2.11. The molecular weight excluding hydrogens is 218 g/mol. The van der Waals surface area contributed by atoms with Crippen molar-refractivity contribution < 1.29 is 14.2 Å². The second-order valence-electron chi connectivity index (χ2n) is 4.26. The lowest BCUT2D eigenvalue weighted by Gasteiger charge is -2.27. The Labute approximate surface area is 102 Å². The van der Waals surface area contributed by atoms with Crippen LogP contribution in [0.1, 0.15) is 24.5 Å². The number of hydrogen-bond acceptors (Lipinski definition) is 4. The summed E-state index contributed by atoms with van der Waals surface area (Å²) in [5.74, 6) is 1.46. The third kappa shape index (κ3) is 2.70. The van der Waals surface area contributed by atoms with E-state index in [0.717, 1.165) is 36.5 Å². The number of ether oxygens (including phenoxy) is 3. The molecular formula is C13H19NO3. The molecule has 2 atom stereocenters. The summed E-state index contributed by atoms with van der Waals surface area (Å²) in [5.41, 5.74) is 7.05. The predicted octanol–water partition coefficient (Wildman–Crippen LogP) is 1.88. The minimum absolute atomic E-state index is 0.0681. The summed E-state index contributed by atoms with van der Waals surface area (Å²) in [6.45, 7) is 0.722. The van der Waals surface area contributed by atoms with Gasteiger partial charge in [-0.25, -0.2) is 0 Å². The van der Waals surface area contributed by atoms with Gasteiger partial charge in [0.1, 0.15) is 0 Å². The van der Waals surface area contributed by atoms with Crippen molar-refractivity contribution in [3.8, 4) is 11.5 Å². The van der Waals surface area contributed by atoms with E-state index in [1.54, 1.807) is 14.2 Å². The summed E-state index contributed by atoms with van der Waals surface area (Å²) in [4.78, 5) is 0. The van der Waals surface area contributed by atoms with Crippen molar-refractivity contribution in [2.45, 2.75) is 25.0 Å². The molecule has 1 aromatic rings. The number of benzene rings is 1. The molecule has 1 aliphatic rings. The normalized spacial score (nSPS) is 24.4. The van der Waals surface area contributed by atoms with E-state index in [9.17, 15) is 0 Å². The fraction of sp³-hybridized carbons (Fsp3) is 0.538. The van der Waals surface area contributed by atoms with E-state index < -0.39 is 0 Å². The van der Waals surface area contributed by atoms with Crippen molar-refractivity contribution in [3.63, 3.8) is 0 Å². The Balaban J connectivity index is 2.20. The lowest BCUT2D eigenvalue weighted by atomic mass is 9.98. The van der Waals surface area contributed by atoms with Crippen LogP contribution in [0.5, 0.6) is 11.5 Å². The van der Waals surface area contributed by atoms with Gasteiger partial charge in [-0.15, -0.1) is 0 Å². The van der Waals surface area contributed by atoms with E-state index in [1.807, 2.05) is 18.2 Å². The molecule has 17 heavy (non-hydrogen) atoms. The van der Waals surface area contributed by atoms with Crippen molar-refractivity contribution in [2.75, 3.05) is 20.8 Å². The standard InChI is InChI=1S/C13H19NO3/c1-15-11-4-3-9(7-13(11)16-2)12-8-10(14)5-6-17-12/h3-4,7,10,12H,5-6,8,14H2,1-2H3. The van der Waals surface area contributed by atoms with Crippen LogP contribution in [0.25, 0.3) is 0 Å². The zero-order chi connectivity index (χ0) is 12.3. The lowest BCUT2D eigenvalue weighted by molar-refractivity contribution is 0.00654. The van der Waals surface area contributed by atoms with E-state index in [2.05, 4.69) is 0 Å². The smallest absolute Gasteiger partial charge is 0.161 e. The second-order valence-corrected chi connectivity index (χ2v) is 4.26. The van der Waals surface area contributed by atoms with E-state index >= 15 is 0 Å². The summed E-state index contributed by atoms with van der Waals surface area (Å²) < 4.78 is 16.2. The highest BCUT2D eigenvalue weighted by molar-refractivity contribution is 5.43. The van der Waals surface area contributed by atoms with Crippen molar-refractivity contribution >= 4 is 0 Å². The molecule has 0 saturated carbocycles. The van der Waals surface area contributed by atoms with Gasteiger partial charge < -0.3 is 19.9 Å².